The Kier molecular flexibility index (Phi) is 13.4. The number of carbonyl (C=O) groups excluding carboxylic acids is 2. The van der Waals surface area contributed by atoms with Crippen LogP contribution in [0.5, 0.6) is 0 Å². The predicted octanol–water partition coefficient (Wildman–Crippen LogP) is 2.63. The predicted molar refractivity (Wildman–Crippen MR) is 120 cm³/mol. The fourth-order valence-corrected chi connectivity index (χ4v) is 3.83. The highest BCUT2D eigenvalue weighted by Gasteiger charge is 2.46. The topological polar surface area (TPSA) is 134 Å². The fraction of sp³-hybridized carbons (Fsp3) is 0.917. The zero-order valence-corrected chi connectivity index (χ0v) is 20.0. The van der Waals surface area contributed by atoms with Gasteiger partial charge in [0.05, 0.1) is 24.4 Å². The average molecular weight is 461 g/mol. The Bertz CT molecular complexity index is 550. The summed E-state index contributed by atoms with van der Waals surface area (Å²) in [6.45, 7) is 5.98. The van der Waals surface area contributed by atoms with Crippen LogP contribution in [0.3, 0.4) is 0 Å². The van der Waals surface area contributed by atoms with Crippen molar-refractivity contribution in [3.8, 4) is 0 Å². The molecule has 1 heterocycles. The summed E-state index contributed by atoms with van der Waals surface area (Å²) >= 11 is 0. The number of aliphatic hydroxyl groups is 4. The molecule has 188 valence electrons. The maximum absolute atomic E-state index is 12.0. The SMILES string of the molecule is CCCCCC(O)C(O)CC(O)C(O)CCCCCCCC(=O)O[C@H]1C(=O)OCC1(C)C. The van der Waals surface area contributed by atoms with E-state index in [1.54, 1.807) is 0 Å². The van der Waals surface area contributed by atoms with Crippen molar-refractivity contribution >= 4 is 11.9 Å². The number of carbonyl (C=O) groups is 2. The lowest BCUT2D eigenvalue weighted by Crippen LogP contribution is -2.35. The Hall–Kier alpha value is -1.22. The second-order valence-electron chi connectivity index (χ2n) is 9.77. The van der Waals surface area contributed by atoms with Gasteiger partial charge in [-0.05, 0) is 19.3 Å². The molecule has 4 unspecified atom stereocenters. The second-order valence-corrected chi connectivity index (χ2v) is 9.77. The number of hydrogen-bond acceptors (Lipinski definition) is 8. The van der Waals surface area contributed by atoms with E-state index in [1.165, 1.54) is 0 Å². The van der Waals surface area contributed by atoms with Gasteiger partial charge in [-0.3, -0.25) is 4.79 Å². The van der Waals surface area contributed by atoms with Crippen LogP contribution in [-0.2, 0) is 19.1 Å². The number of hydrogen-bond donors (Lipinski definition) is 4. The Morgan fingerprint density at radius 2 is 1.47 bits per heavy atom. The standard InChI is InChI=1S/C24H44O8/c1-4-5-9-12-17(25)19(27)15-20(28)18(26)13-10-7-6-8-11-14-21(29)32-22-23(30)31-16-24(22,2)3/h17-20,22,25-28H,4-16H2,1-3H3/t17?,18?,19?,20?,22-/m0/s1. The van der Waals surface area contributed by atoms with Crippen molar-refractivity contribution in [2.45, 2.75) is 128 Å². The molecule has 8 heteroatoms. The summed E-state index contributed by atoms with van der Waals surface area (Å²) in [4.78, 5) is 23.6. The van der Waals surface area contributed by atoms with Crippen molar-refractivity contribution < 1.29 is 39.5 Å². The molecule has 0 spiro atoms. The zero-order valence-electron chi connectivity index (χ0n) is 20.0. The van der Waals surface area contributed by atoms with Crippen LogP contribution in [-0.4, -0.2) is 69.5 Å². The van der Waals surface area contributed by atoms with Gasteiger partial charge in [0, 0.05) is 18.3 Å². The second kappa shape index (κ2) is 14.8. The number of aliphatic hydroxyl groups excluding tert-OH is 4. The zero-order chi connectivity index (χ0) is 24.1. The van der Waals surface area contributed by atoms with Crippen molar-refractivity contribution in [1.82, 2.24) is 0 Å². The van der Waals surface area contributed by atoms with E-state index in [1.807, 2.05) is 13.8 Å². The smallest absolute Gasteiger partial charge is 0.348 e. The van der Waals surface area contributed by atoms with Gasteiger partial charge in [-0.2, -0.15) is 0 Å². The van der Waals surface area contributed by atoms with Crippen LogP contribution in [0.2, 0.25) is 0 Å². The van der Waals surface area contributed by atoms with Crippen molar-refractivity contribution in [3.63, 3.8) is 0 Å². The summed E-state index contributed by atoms with van der Waals surface area (Å²) in [7, 11) is 0. The summed E-state index contributed by atoms with van der Waals surface area (Å²) in [5.74, 6) is -0.876. The quantitative estimate of drug-likeness (QED) is 0.192. The Morgan fingerprint density at radius 1 is 0.938 bits per heavy atom. The van der Waals surface area contributed by atoms with Crippen LogP contribution in [0.1, 0.15) is 97.8 Å². The van der Waals surface area contributed by atoms with Gasteiger partial charge >= 0.3 is 11.9 Å². The number of rotatable bonds is 17. The molecule has 1 rings (SSSR count). The number of unbranched alkanes of at least 4 members (excludes halogenated alkanes) is 6. The highest BCUT2D eigenvalue weighted by Crippen LogP contribution is 2.31. The third-order valence-corrected chi connectivity index (χ3v) is 6.12. The van der Waals surface area contributed by atoms with E-state index >= 15 is 0 Å². The lowest BCUT2D eigenvalue weighted by molar-refractivity contribution is -0.163. The van der Waals surface area contributed by atoms with E-state index in [9.17, 15) is 30.0 Å². The summed E-state index contributed by atoms with van der Waals surface area (Å²) in [6, 6.07) is 0. The van der Waals surface area contributed by atoms with Crippen LogP contribution in [0.4, 0.5) is 0 Å². The van der Waals surface area contributed by atoms with Crippen LogP contribution >= 0.6 is 0 Å². The first-order chi connectivity index (χ1) is 15.1. The van der Waals surface area contributed by atoms with E-state index in [0.717, 1.165) is 44.9 Å². The van der Waals surface area contributed by atoms with E-state index in [4.69, 9.17) is 9.47 Å². The molecule has 0 aromatic rings. The molecular formula is C24H44O8. The van der Waals surface area contributed by atoms with E-state index in [2.05, 4.69) is 6.92 Å². The Balaban J connectivity index is 2.09. The van der Waals surface area contributed by atoms with Gasteiger partial charge in [0.25, 0.3) is 0 Å². The first kappa shape index (κ1) is 28.8. The normalized spacial score (nSPS) is 21.6. The minimum Gasteiger partial charge on any atom is -0.462 e. The molecule has 1 fully saturated rings. The highest BCUT2D eigenvalue weighted by molar-refractivity contribution is 5.81. The monoisotopic (exact) mass is 460 g/mol. The Morgan fingerprint density at radius 3 is 2.00 bits per heavy atom. The van der Waals surface area contributed by atoms with Crippen LogP contribution < -0.4 is 0 Å². The molecule has 0 aromatic heterocycles. The number of esters is 2. The van der Waals surface area contributed by atoms with E-state index < -0.39 is 47.9 Å². The maximum Gasteiger partial charge on any atom is 0.348 e. The molecule has 0 aromatic carbocycles. The van der Waals surface area contributed by atoms with E-state index in [0.29, 0.717) is 19.3 Å². The number of cyclic esters (lactones) is 1. The number of ether oxygens (including phenoxy) is 2. The van der Waals surface area contributed by atoms with Gasteiger partial charge < -0.3 is 29.9 Å². The molecule has 0 bridgehead atoms. The molecule has 32 heavy (non-hydrogen) atoms. The summed E-state index contributed by atoms with van der Waals surface area (Å²) in [5.41, 5.74) is -0.499. The summed E-state index contributed by atoms with van der Waals surface area (Å²) < 4.78 is 10.2. The molecule has 0 amide bonds. The summed E-state index contributed by atoms with van der Waals surface area (Å²) in [6.07, 6.45) is 3.17. The Labute approximate surface area is 192 Å². The van der Waals surface area contributed by atoms with Crippen molar-refractivity contribution in [2.24, 2.45) is 5.41 Å². The van der Waals surface area contributed by atoms with Crippen molar-refractivity contribution in [3.05, 3.63) is 0 Å². The highest BCUT2D eigenvalue weighted by atomic mass is 16.6. The maximum atomic E-state index is 12.0. The van der Waals surface area contributed by atoms with Gasteiger partial charge in [-0.15, -0.1) is 0 Å². The molecule has 1 saturated heterocycles. The fourth-order valence-electron chi connectivity index (χ4n) is 3.83. The lowest BCUT2D eigenvalue weighted by Gasteiger charge is -2.23. The lowest BCUT2D eigenvalue weighted by atomic mass is 9.90. The molecular weight excluding hydrogens is 416 g/mol. The third kappa shape index (κ3) is 10.6. The van der Waals surface area contributed by atoms with Crippen molar-refractivity contribution in [1.29, 1.82) is 0 Å². The first-order valence-corrected chi connectivity index (χ1v) is 12.2. The van der Waals surface area contributed by atoms with E-state index in [-0.39, 0.29) is 19.4 Å². The van der Waals surface area contributed by atoms with Crippen LogP contribution in [0.25, 0.3) is 0 Å². The molecule has 0 aliphatic carbocycles. The van der Waals surface area contributed by atoms with Crippen molar-refractivity contribution in [2.75, 3.05) is 6.61 Å². The largest absolute Gasteiger partial charge is 0.462 e. The van der Waals surface area contributed by atoms with Gasteiger partial charge in [-0.25, -0.2) is 4.79 Å². The average Bonchev–Trinajstić information content (AvgIpc) is 2.99. The van der Waals surface area contributed by atoms with Gasteiger partial charge in [-0.1, -0.05) is 65.7 Å². The van der Waals surface area contributed by atoms with Gasteiger partial charge in [0.2, 0.25) is 6.10 Å². The molecule has 0 radical (unpaired) electrons. The van der Waals surface area contributed by atoms with Gasteiger partial charge in [0.15, 0.2) is 0 Å². The molecule has 4 N–H and O–H groups in total. The minimum atomic E-state index is -1.06. The molecule has 1 aliphatic heterocycles. The molecule has 1 aliphatic rings. The summed E-state index contributed by atoms with van der Waals surface area (Å²) in [5, 5.41) is 40.1. The third-order valence-electron chi connectivity index (χ3n) is 6.12. The first-order valence-electron chi connectivity index (χ1n) is 12.2. The van der Waals surface area contributed by atoms with Crippen LogP contribution in [0.15, 0.2) is 0 Å². The van der Waals surface area contributed by atoms with Crippen LogP contribution in [0, 0.1) is 5.41 Å². The minimum absolute atomic E-state index is 0.0398. The molecule has 8 nitrogen and oxygen atoms in total. The molecule has 0 saturated carbocycles. The molecule has 5 atom stereocenters. The van der Waals surface area contributed by atoms with Gasteiger partial charge in [0.1, 0.15) is 6.61 Å².